The molecule has 0 aromatic carbocycles. The summed E-state index contributed by atoms with van der Waals surface area (Å²) in [5.41, 5.74) is 0. The minimum Gasteiger partial charge on any atom is -0.529 e. The second-order valence-corrected chi connectivity index (χ2v) is 0.996. The molecule has 0 saturated heterocycles. The number of hydrogen-bond acceptors (Lipinski definition) is 2. The van der Waals surface area contributed by atoms with Crippen molar-refractivity contribution >= 4 is 9.65 Å². The summed E-state index contributed by atoms with van der Waals surface area (Å²) in [4.78, 5) is 0. The Morgan fingerprint density at radius 2 is 2.25 bits per heavy atom. The van der Waals surface area contributed by atoms with Crippen LogP contribution < -0.4 is 0 Å². The van der Waals surface area contributed by atoms with Gasteiger partial charge in [0.25, 0.3) is 0 Å². The second-order valence-electron chi connectivity index (χ2n) is 0.332. The Morgan fingerprint density at radius 1 is 2.00 bits per heavy atom. The van der Waals surface area contributed by atoms with Gasteiger partial charge in [-0.1, -0.05) is 0 Å². The molecule has 0 bridgehead atoms. The topological polar surface area (TPSA) is 26.3 Å². The predicted octanol–water partition coefficient (Wildman–Crippen LogP) is -0.670. The molecule has 0 aromatic heterocycles. The fraction of sp³-hybridized carbons (Fsp3) is 1.00. The Morgan fingerprint density at radius 3 is 2.25 bits per heavy atom. The van der Waals surface area contributed by atoms with E-state index in [-0.39, 0.29) is 0 Å². The molecule has 0 aliphatic carbocycles. The largest absolute Gasteiger partial charge is 0.529 e. The summed E-state index contributed by atoms with van der Waals surface area (Å²) in [6.45, 7) is 0. The van der Waals surface area contributed by atoms with E-state index >= 15 is 0 Å². The summed E-state index contributed by atoms with van der Waals surface area (Å²) in [5.74, 6) is 0. The smallest absolute Gasteiger partial charge is 0.487 e. The standard InChI is InChI=1S/CH4O2Si/c1-3-4-2/h4H,1H3. The molecule has 2 nitrogen and oxygen atoms in total. The molecule has 0 unspecified atom stereocenters. The van der Waals surface area contributed by atoms with Gasteiger partial charge in [0.05, 0.1) is 7.11 Å². The lowest BCUT2D eigenvalue weighted by molar-refractivity contribution is 0.391. The molecule has 0 saturated carbocycles. The molecule has 24 valence electrons. The van der Waals surface area contributed by atoms with Crippen LogP contribution in [0.15, 0.2) is 0 Å². The molecular weight excluding hydrogens is 72.1 g/mol. The van der Waals surface area contributed by atoms with Crippen molar-refractivity contribution in [1.29, 1.82) is 0 Å². The van der Waals surface area contributed by atoms with Crippen molar-refractivity contribution < 1.29 is 8.89 Å². The van der Waals surface area contributed by atoms with Gasteiger partial charge >= 0.3 is 9.65 Å². The fourth-order valence-corrected chi connectivity index (χ4v) is 0. The zero-order valence-electron chi connectivity index (χ0n) is 2.39. The van der Waals surface area contributed by atoms with Crippen molar-refractivity contribution in [3.63, 3.8) is 0 Å². The quantitative estimate of drug-likeness (QED) is 0.387. The van der Waals surface area contributed by atoms with Crippen molar-refractivity contribution in [2.75, 3.05) is 7.11 Å². The average molecular weight is 76.1 g/mol. The zero-order chi connectivity index (χ0) is 3.41. The van der Waals surface area contributed by atoms with Crippen molar-refractivity contribution in [2.24, 2.45) is 0 Å². The average Bonchev–Trinajstić information content (AvgIpc) is 1.37. The minimum atomic E-state index is -0.968. The van der Waals surface area contributed by atoms with Crippen LogP contribution in [-0.2, 0) is 8.89 Å². The zero-order valence-corrected chi connectivity index (χ0v) is 3.55. The highest BCUT2D eigenvalue weighted by Crippen LogP contribution is 1.32. The van der Waals surface area contributed by atoms with E-state index in [1.165, 1.54) is 7.11 Å². The Balaban J connectivity index is 2.30. The lowest BCUT2D eigenvalue weighted by atomic mass is 11.8. The van der Waals surface area contributed by atoms with Gasteiger partial charge in [0.2, 0.25) is 0 Å². The molecule has 0 heterocycles. The maximum atomic E-state index is 9.16. The second kappa shape index (κ2) is 2.82. The van der Waals surface area contributed by atoms with Crippen molar-refractivity contribution in [3.05, 3.63) is 0 Å². The molecule has 3 heteroatoms. The van der Waals surface area contributed by atoms with E-state index in [9.17, 15) is 0 Å². The van der Waals surface area contributed by atoms with E-state index in [0.29, 0.717) is 0 Å². The molecule has 0 N–H and O–H groups in total. The Kier molecular flexibility index (Phi) is 2.69. The molecule has 0 aliphatic heterocycles. The van der Waals surface area contributed by atoms with Crippen molar-refractivity contribution in [2.45, 2.75) is 0 Å². The molecule has 0 aromatic rings. The Labute approximate surface area is 26.8 Å². The highest BCUT2D eigenvalue weighted by molar-refractivity contribution is 6.06. The Bertz CT molecular complexity index is 20.0. The van der Waals surface area contributed by atoms with E-state index in [0.717, 1.165) is 0 Å². The SMILES string of the molecule is CO[SiH]=O. The van der Waals surface area contributed by atoms with Crippen LogP contribution in [0.1, 0.15) is 0 Å². The van der Waals surface area contributed by atoms with E-state index in [1.807, 2.05) is 0 Å². The van der Waals surface area contributed by atoms with E-state index < -0.39 is 9.65 Å². The highest BCUT2D eigenvalue weighted by atomic mass is 28.2. The predicted molar refractivity (Wildman–Crippen MR) is 14.8 cm³/mol. The van der Waals surface area contributed by atoms with Gasteiger partial charge in [-0.2, -0.15) is 0 Å². The first-order valence-corrected chi connectivity index (χ1v) is 1.82. The van der Waals surface area contributed by atoms with Gasteiger partial charge in [-0.25, -0.2) is 0 Å². The monoisotopic (exact) mass is 76.0 g/mol. The normalized spacial score (nSPS) is 5.25. The summed E-state index contributed by atoms with van der Waals surface area (Å²) in [6, 6.07) is 0. The Hall–Kier alpha value is -0.183. The van der Waals surface area contributed by atoms with Crippen LogP contribution >= 0.6 is 0 Å². The molecular formula is CH4O2Si. The summed E-state index contributed by atoms with van der Waals surface area (Å²) in [6.07, 6.45) is 0. The van der Waals surface area contributed by atoms with Crippen LogP contribution in [0.5, 0.6) is 0 Å². The molecule has 4 heavy (non-hydrogen) atoms. The van der Waals surface area contributed by atoms with Gasteiger partial charge in [0.1, 0.15) is 0 Å². The van der Waals surface area contributed by atoms with Gasteiger partial charge in [0.15, 0.2) is 0 Å². The number of rotatable bonds is 1. The molecule has 0 radical (unpaired) electrons. The summed E-state index contributed by atoms with van der Waals surface area (Å²) in [5, 5.41) is 0. The first kappa shape index (κ1) is 3.82. The van der Waals surface area contributed by atoms with Gasteiger partial charge in [0, 0.05) is 0 Å². The maximum absolute atomic E-state index is 9.16. The third-order valence-corrected chi connectivity index (χ3v) is 0.289. The van der Waals surface area contributed by atoms with Crippen LogP contribution in [0, 0.1) is 0 Å². The van der Waals surface area contributed by atoms with Crippen LogP contribution in [0.4, 0.5) is 0 Å². The van der Waals surface area contributed by atoms with Crippen molar-refractivity contribution in [3.8, 4) is 0 Å². The van der Waals surface area contributed by atoms with E-state index in [2.05, 4.69) is 4.43 Å². The molecule has 0 spiro atoms. The molecule has 0 amide bonds. The third-order valence-electron chi connectivity index (χ3n) is 0.0962. The van der Waals surface area contributed by atoms with E-state index in [1.54, 1.807) is 0 Å². The summed E-state index contributed by atoms with van der Waals surface area (Å²) >= 11 is 0. The maximum Gasteiger partial charge on any atom is 0.487 e. The van der Waals surface area contributed by atoms with Gasteiger partial charge in [-0.3, -0.25) is 0 Å². The van der Waals surface area contributed by atoms with Crippen LogP contribution in [0.2, 0.25) is 0 Å². The van der Waals surface area contributed by atoms with Gasteiger partial charge < -0.3 is 8.89 Å². The van der Waals surface area contributed by atoms with Gasteiger partial charge in [-0.15, -0.1) is 0 Å². The van der Waals surface area contributed by atoms with Crippen molar-refractivity contribution in [1.82, 2.24) is 0 Å². The van der Waals surface area contributed by atoms with E-state index in [4.69, 9.17) is 4.46 Å². The molecule has 0 atom stereocenters. The first-order chi connectivity index (χ1) is 1.91. The lowest BCUT2D eigenvalue weighted by Gasteiger charge is -1.67. The highest BCUT2D eigenvalue weighted by Gasteiger charge is 1.51. The summed E-state index contributed by atoms with van der Waals surface area (Å²) in [7, 11) is 0.437. The number of hydrogen-bond donors (Lipinski definition) is 0. The van der Waals surface area contributed by atoms with Crippen LogP contribution in [0.25, 0.3) is 0 Å². The molecule has 0 rings (SSSR count). The first-order valence-electron chi connectivity index (χ1n) is 0.880. The summed E-state index contributed by atoms with van der Waals surface area (Å²) < 4.78 is 13.2. The molecule has 0 fully saturated rings. The minimum absolute atomic E-state index is 0.968. The lowest BCUT2D eigenvalue weighted by Crippen LogP contribution is -1.71. The van der Waals surface area contributed by atoms with Crippen LogP contribution in [0.3, 0.4) is 0 Å². The van der Waals surface area contributed by atoms with Gasteiger partial charge in [-0.05, 0) is 0 Å². The molecule has 0 aliphatic rings. The fourth-order valence-electron chi connectivity index (χ4n) is 0. The third kappa shape index (κ3) is 1.82. The van der Waals surface area contributed by atoms with Crippen LogP contribution in [-0.4, -0.2) is 16.8 Å².